The first-order valence-electron chi connectivity index (χ1n) is 8.83. The molecular formula is C20H22Cl2N2O3. The monoisotopic (exact) mass is 408 g/mol. The number of hydrogen-bond acceptors (Lipinski definition) is 4. The van der Waals surface area contributed by atoms with Crippen LogP contribution in [0.5, 0.6) is 5.75 Å². The second-order valence-corrected chi connectivity index (χ2v) is 7.23. The van der Waals surface area contributed by atoms with Crippen LogP contribution in [0.2, 0.25) is 10.0 Å². The topological polar surface area (TPSA) is 50.8 Å². The Morgan fingerprint density at radius 1 is 1.19 bits per heavy atom. The third kappa shape index (κ3) is 5.84. The van der Waals surface area contributed by atoms with Gasteiger partial charge in [0, 0.05) is 31.4 Å². The van der Waals surface area contributed by atoms with Crippen molar-refractivity contribution in [3.05, 3.63) is 58.1 Å². The Hall–Kier alpha value is -1.79. The van der Waals surface area contributed by atoms with Gasteiger partial charge in [0.2, 0.25) is 0 Å². The Kier molecular flexibility index (Phi) is 6.96. The zero-order chi connectivity index (χ0) is 19.2. The maximum Gasteiger partial charge on any atom is 0.265 e. The summed E-state index contributed by atoms with van der Waals surface area (Å²) in [5.74, 6) is 0.262. The molecule has 5 nitrogen and oxygen atoms in total. The van der Waals surface area contributed by atoms with Gasteiger partial charge in [-0.1, -0.05) is 35.3 Å². The molecule has 2 aromatic carbocycles. The van der Waals surface area contributed by atoms with Crippen LogP contribution in [0.25, 0.3) is 0 Å². The van der Waals surface area contributed by atoms with Crippen molar-refractivity contribution < 1.29 is 14.3 Å². The zero-order valence-corrected chi connectivity index (χ0v) is 16.6. The zero-order valence-electron chi connectivity index (χ0n) is 15.1. The highest BCUT2D eigenvalue weighted by Gasteiger charge is 2.16. The van der Waals surface area contributed by atoms with Crippen molar-refractivity contribution in [2.75, 3.05) is 31.6 Å². The Bertz CT molecular complexity index is 795. The lowest BCUT2D eigenvalue weighted by atomic mass is 10.1. The van der Waals surface area contributed by atoms with Gasteiger partial charge < -0.3 is 14.8 Å². The molecule has 1 saturated heterocycles. The molecule has 1 N–H and O–H groups in total. The number of rotatable bonds is 6. The van der Waals surface area contributed by atoms with E-state index in [0.29, 0.717) is 15.8 Å². The summed E-state index contributed by atoms with van der Waals surface area (Å²) in [5.41, 5.74) is 1.89. The van der Waals surface area contributed by atoms with Crippen LogP contribution in [-0.2, 0) is 16.1 Å². The fraction of sp³-hybridized carbons (Fsp3) is 0.350. The highest BCUT2D eigenvalue weighted by Crippen LogP contribution is 2.27. The molecule has 1 atom stereocenters. The van der Waals surface area contributed by atoms with E-state index in [1.807, 2.05) is 18.2 Å². The predicted molar refractivity (Wildman–Crippen MR) is 108 cm³/mol. The molecule has 0 aliphatic carbocycles. The van der Waals surface area contributed by atoms with Crippen LogP contribution in [0.15, 0.2) is 42.5 Å². The summed E-state index contributed by atoms with van der Waals surface area (Å²) in [5, 5.41) is 3.73. The van der Waals surface area contributed by atoms with Gasteiger partial charge in [0.15, 0.2) is 6.10 Å². The molecule has 0 saturated carbocycles. The normalized spacial score (nSPS) is 16.0. The quantitative estimate of drug-likeness (QED) is 0.776. The molecule has 27 heavy (non-hydrogen) atoms. The third-order valence-corrected chi connectivity index (χ3v) is 5.02. The van der Waals surface area contributed by atoms with Crippen molar-refractivity contribution in [2.24, 2.45) is 0 Å². The lowest BCUT2D eigenvalue weighted by Crippen LogP contribution is -2.35. The molecule has 1 aliphatic heterocycles. The molecule has 0 aromatic heterocycles. The minimum atomic E-state index is -0.676. The summed E-state index contributed by atoms with van der Waals surface area (Å²) in [4.78, 5) is 14.8. The van der Waals surface area contributed by atoms with Crippen LogP contribution in [-0.4, -0.2) is 43.2 Å². The van der Waals surface area contributed by atoms with Gasteiger partial charge in [-0.2, -0.15) is 0 Å². The van der Waals surface area contributed by atoms with E-state index in [0.717, 1.165) is 44.1 Å². The first-order chi connectivity index (χ1) is 13.0. The van der Waals surface area contributed by atoms with Gasteiger partial charge in [-0.3, -0.25) is 9.69 Å². The largest absolute Gasteiger partial charge is 0.481 e. The molecule has 2 aromatic rings. The average molecular weight is 409 g/mol. The standard InChI is InChI=1S/C20H22Cl2N2O3/c1-14(27-17-5-6-18(21)19(22)12-17)20(25)23-16-4-2-3-15(11-16)13-24-7-9-26-10-8-24/h2-6,11-12,14H,7-10,13H2,1H3,(H,23,25). The summed E-state index contributed by atoms with van der Waals surface area (Å²) in [6.45, 7) is 5.90. The summed E-state index contributed by atoms with van der Waals surface area (Å²) in [7, 11) is 0. The number of amides is 1. The Balaban J connectivity index is 1.57. The van der Waals surface area contributed by atoms with E-state index in [2.05, 4.69) is 16.3 Å². The lowest BCUT2D eigenvalue weighted by molar-refractivity contribution is -0.122. The third-order valence-electron chi connectivity index (χ3n) is 4.28. The van der Waals surface area contributed by atoms with Gasteiger partial charge in [-0.15, -0.1) is 0 Å². The van der Waals surface area contributed by atoms with Crippen molar-refractivity contribution in [3.63, 3.8) is 0 Å². The number of morpholine rings is 1. The molecular weight excluding hydrogens is 387 g/mol. The highest BCUT2D eigenvalue weighted by molar-refractivity contribution is 6.42. The molecule has 1 amide bonds. The van der Waals surface area contributed by atoms with Crippen molar-refractivity contribution in [3.8, 4) is 5.75 Å². The molecule has 144 valence electrons. The van der Waals surface area contributed by atoms with Gasteiger partial charge in [0.1, 0.15) is 5.75 Å². The van der Waals surface area contributed by atoms with Crippen LogP contribution in [0.1, 0.15) is 12.5 Å². The SMILES string of the molecule is CC(Oc1ccc(Cl)c(Cl)c1)C(=O)Nc1cccc(CN2CCOCC2)c1. The number of carbonyl (C=O) groups excluding carboxylic acids is 1. The highest BCUT2D eigenvalue weighted by atomic mass is 35.5. The second kappa shape index (κ2) is 9.42. The fourth-order valence-electron chi connectivity index (χ4n) is 2.82. The van der Waals surface area contributed by atoms with Crippen LogP contribution in [0.4, 0.5) is 5.69 Å². The summed E-state index contributed by atoms with van der Waals surface area (Å²) in [6, 6.07) is 12.8. The van der Waals surface area contributed by atoms with Gasteiger partial charge in [-0.05, 0) is 36.8 Å². The van der Waals surface area contributed by atoms with E-state index < -0.39 is 6.10 Å². The van der Waals surface area contributed by atoms with E-state index in [9.17, 15) is 4.79 Å². The van der Waals surface area contributed by atoms with Crippen LogP contribution in [0.3, 0.4) is 0 Å². The maximum atomic E-state index is 12.4. The van der Waals surface area contributed by atoms with Gasteiger partial charge in [-0.25, -0.2) is 0 Å². The van der Waals surface area contributed by atoms with E-state index in [1.54, 1.807) is 25.1 Å². The molecule has 1 heterocycles. The number of nitrogens with zero attached hydrogens (tertiary/aromatic N) is 1. The first kappa shape index (κ1) is 20.0. The summed E-state index contributed by atoms with van der Waals surface area (Å²) >= 11 is 11.9. The van der Waals surface area contributed by atoms with Crippen LogP contribution >= 0.6 is 23.2 Å². The second-order valence-electron chi connectivity index (χ2n) is 6.41. The minimum absolute atomic E-state index is 0.232. The Labute approximate surface area is 169 Å². The summed E-state index contributed by atoms with van der Waals surface area (Å²) in [6.07, 6.45) is -0.676. The molecule has 3 rings (SSSR count). The smallest absolute Gasteiger partial charge is 0.265 e. The van der Waals surface area contributed by atoms with Gasteiger partial charge in [0.25, 0.3) is 5.91 Å². The molecule has 0 spiro atoms. The Morgan fingerprint density at radius 2 is 1.96 bits per heavy atom. The van der Waals surface area contributed by atoms with Crippen LogP contribution in [0, 0.1) is 0 Å². The van der Waals surface area contributed by atoms with Crippen LogP contribution < -0.4 is 10.1 Å². The average Bonchev–Trinajstić information content (AvgIpc) is 2.66. The van der Waals surface area contributed by atoms with Crippen molar-refractivity contribution in [1.82, 2.24) is 4.90 Å². The van der Waals surface area contributed by atoms with Crippen molar-refractivity contribution >= 4 is 34.8 Å². The number of nitrogens with one attached hydrogen (secondary N) is 1. The molecule has 0 bridgehead atoms. The molecule has 0 radical (unpaired) electrons. The van der Waals surface area contributed by atoms with E-state index in [1.165, 1.54) is 0 Å². The molecule has 1 aliphatic rings. The van der Waals surface area contributed by atoms with E-state index in [4.69, 9.17) is 32.7 Å². The number of halogens is 2. The lowest BCUT2D eigenvalue weighted by Gasteiger charge is -2.26. The first-order valence-corrected chi connectivity index (χ1v) is 9.58. The van der Waals surface area contributed by atoms with Crippen molar-refractivity contribution in [1.29, 1.82) is 0 Å². The van der Waals surface area contributed by atoms with Gasteiger partial charge >= 0.3 is 0 Å². The number of hydrogen-bond donors (Lipinski definition) is 1. The molecule has 7 heteroatoms. The molecule has 1 fully saturated rings. The van der Waals surface area contributed by atoms with Gasteiger partial charge in [0.05, 0.1) is 23.3 Å². The fourth-order valence-corrected chi connectivity index (χ4v) is 3.10. The number of ether oxygens (including phenoxy) is 2. The molecule has 1 unspecified atom stereocenters. The number of anilines is 1. The van der Waals surface area contributed by atoms with Crippen molar-refractivity contribution in [2.45, 2.75) is 19.6 Å². The van der Waals surface area contributed by atoms with E-state index in [-0.39, 0.29) is 5.91 Å². The predicted octanol–water partition coefficient (Wildman–Crippen LogP) is 4.23. The number of carbonyl (C=O) groups is 1. The Morgan fingerprint density at radius 3 is 2.70 bits per heavy atom. The van der Waals surface area contributed by atoms with E-state index >= 15 is 0 Å². The number of benzene rings is 2. The summed E-state index contributed by atoms with van der Waals surface area (Å²) < 4.78 is 11.0. The minimum Gasteiger partial charge on any atom is -0.481 e. The maximum absolute atomic E-state index is 12.4.